The van der Waals surface area contributed by atoms with Gasteiger partial charge < -0.3 is 10.5 Å². The zero-order valence-corrected chi connectivity index (χ0v) is 10.4. The van der Waals surface area contributed by atoms with Gasteiger partial charge >= 0.3 is 0 Å². The molecule has 1 unspecified atom stereocenters. The molecule has 1 fully saturated rings. The van der Waals surface area contributed by atoms with Gasteiger partial charge in [-0.3, -0.25) is 0 Å². The number of ether oxygens (including phenoxy) is 1. The van der Waals surface area contributed by atoms with E-state index in [1.807, 2.05) is 0 Å². The van der Waals surface area contributed by atoms with Crippen molar-refractivity contribution in [2.75, 3.05) is 13.2 Å². The first kappa shape index (κ1) is 10.6. The Morgan fingerprint density at radius 3 is 3.07 bits per heavy atom. The number of nitrogens with two attached hydrogens (primary N) is 1. The molecule has 2 heterocycles. The molecule has 0 aliphatic carbocycles. The van der Waals surface area contributed by atoms with Gasteiger partial charge in [-0.05, 0) is 40.2 Å². The molecule has 0 radical (unpaired) electrons. The fourth-order valence-corrected chi connectivity index (χ4v) is 3.43. The highest BCUT2D eigenvalue weighted by Gasteiger charge is 2.29. The van der Waals surface area contributed by atoms with Crippen LogP contribution in [-0.2, 0) is 11.2 Å². The Hall–Kier alpha value is 0.1000. The van der Waals surface area contributed by atoms with Crippen molar-refractivity contribution in [1.29, 1.82) is 0 Å². The van der Waals surface area contributed by atoms with Crippen molar-refractivity contribution >= 4 is 27.3 Å². The van der Waals surface area contributed by atoms with E-state index in [0.717, 1.165) is 25.9 Å². The third-order valence-electron chi connectivity index (χ3n) is 2.56. The van der Waals surface area contributed by atoms with E-state index in [1.54, 1.807) is 11.3 Å². The van der Waals surface area contributed by atoms with Crippen molar-refractivity contribution in [2.24, 2.45) is 5.73 Å². The normalized spacial score (nSPS) is 27.9. The number of halogens is 1. The first-order valence-corrected chi connectivity index (χ1v) is 6.45. The standard InChI is InChI=1S/C10H14BrNOS/c11-8-2-5-14-9(8)6-10(12)3-1-4-13-7-10/h2,5H,1,3-4,6-7,12H2. The molecular formula is C10H14BrNOS. The lowest BCUT2D eigenvalue weighted by Gasteiger charge is -2.33. The lowest BCUT2D eigenvalue weighted by molar-refractivity contribution is 0.0385. The number of hydrogen-bond donors (Lipinski definition) is 1. The lowest BCUT2D eigenvalue weighted by Crippen LogP contribution is -2.49. The monoisotopic (exact) mass is 275 g/mol. The van der Waals surface area contributed by atoms with Crippen molar-refractivity contribution in [2.45, 2.75) is 24.8 Å². The highest BCUT2D eigenvalue weighted by Crippen LogP contribution is 2.29. The molecule has 4 heteroatoms. The van der Waals surface area contributed by atoms with Crippen LogP contribution in [0.4, 0.5) is 0 Å². The van der Waals surface area contributed by atoms with Gasteiger partial charge in [0.1, 0.15) is 0 Å². The number of rotatable bonds is 2. The second kappa shape index (κ2) is 4.31. The van der Waals surface area contributed by atoms with Crippen LogP contribution >= 0.6 is 27.3 Å². The lowest BCUT2D eigenvalue weighted by atomic mass is 9.89. The van der Waals surface area contributed by atoms with Gasteiger partial charge in [-0.1, -0.05) is 0 Å². The van der Waals surface area contributed by atoms with Crippen molar-refractivity contribution in [3.63, 3.8) is 0 Å². The summed E-state index contributed by atoms with van der Waals surface area (Å²) < 4.78 is 6.62. The Kier molecular flexibility index (Phi) is 3.27. The van der Waals surface area contributed by atoms with Gasteiger partial charge in [0.25, 0.3) is 0 Å². The fourth-order valence-electron chi connectivity index (χ4n) is 1.78. The molecule has 1 atom stereocenters. The summed E-state index contributed by atoms with van der Waals surface area (Å²) in [5.74, 6) is 0. The third kappa shape index (κ3) is 2.37. The van der Waals surface area contributed by atoms with E-state index < -0.39 is 0 Å². The Morgan fingerprint density at radius 2 is 2.50 bits per heavy atom. The summed E-state index contributed by atoms with van der Waals surface area (Å²) in [7, 11) is 0. The zero-order valence-electron chi connectivity index (χ0n) is 7.96. The highest BCUT2D eigenvalue weighted by molar-refractivity contribution is 9.10. The van der Waals surface area contributed by atoms with E-state index in [1.165, 1.54) is 9.35 Å². The smallest absolute Gasteiger partial charge is 0.0649 e. The number of thiophene rings is 1. The largest absolute Gasteiger partial charge is 0.380 e. The molecule has 1 aromatic heterocycles. The first-order valence-electron chi connectivity index (χ1n) is 4.78. The molecule has 2 N–H and O–H groups in total. The van der Waals surface area contributed by atoms with Crippen LogP contribution in [0.25, 0.3) is 0 Å². The second-order valence-electron chi connectivity index (χ2n) is 3.89. The van der Waals surface area contributed by atoms with Gasteiger partial charge in [0.15, 0.2) is 0 Å². The van der Waals surface area contributed by atoms with Gasteiger partial charge in [-0.15, -0.1) is 11.3 Å². The van der Waals surface area contributed by atoms with Crippen LogP contribution in [0.3, 0.4) is 0 Å². The molecule has 1 aliphatic heterocycles. The van der Waals surface area contributed by atoms with Crippen LogP contribution in [0, 0.1) is 0 Å². The van der Waals surface area contributed by atoms with Gasteiger partial charge in [0, 0.05) is 27.9 Å². The van der Waals surface area contributed by atoms with Crippen LogP contribution in [0.5, 0.6) is 0 Å². The maximum Gasteiger partial charge on any atom is 0.0649 e. The van der Waals surface area contributed by atoms with Crippen molar-refractivity contribution in [3.05, 3.63) is 20.8 Å². The van der Waals surface area contributed by atoms with Gasteiger partial charge in [0.05, 0.1) is 6.61 Å². The topological polar surface area (TPSA) is 35.2 Å². The summed E-state index contributed by atoms with van der Waals surface area (Å²) in [6.07, 6.45) is 3.07. The quantitative estimate of drug-likeness (QED) is 0.901. The Balaban J connectivity index is 2.05. The summed E-state index contributed by atoms with van der Waals surface area (Å²) in [5.41, 5.74) is 6.13. The predicted octanol–water partition coefficient (Wildman–Crippen LogP) is 2.56. The Morgan fingerprint density at radius 1 is 1.64 bits per heavy atom. The minimum absolute atomic E-state index is 0.147. The average molecular weight is 276 g/mol. The third-order valence-corrected chi connectivity index (χ3v) is 4.48. The summed E-state index contributed by atoms with van der Waals surface area (Å²) in [5, 5.41) is 2.09. The molecule has 1 aliphatic rings. The molecule has 0 bridgehead atoms. The van der Waals surface area contributed by atoms with Gasteiger partial charge in [-0.2, -0.15) is 0 Å². The maximum atomic E-state index is 6.28. The van der Waals surface area contributed by atoms with Crippen LogP contribution in [0.1, 0.15) is 17.7 Å². The molecule has 0 aromatic carbocycles. The fraction of sp³-hybridized carbons (Fsp3) is 0.600. The van der Waals surface area contributed by atoms with Crippen LogP contribution < -0.4 is 5.73 Å². The van der Waals surface area contributed by atoms with Gasteiger partial charge in [-0.25, -0.2) is 0 Å². The molecule has 1 aromatic rings. The minimum Gasteiger partial charge on any atom is -0.380 e. The average Bonchev–Trinajstić information content (AvgIpc) is 2.52. The summed E-state index contributed by atoms with van der Waals surface area (Å²) in [4.78, 5) is 1.33. The Bertz CT molecular complexity index is 307. The first-order chi connectivity index (χ1) is 6.70. The molecule has 2 nitrogen and oxygen atoms in total. The van der Waals surface area contributed by atoms with E-state index in [4.69, 9.17) is 10.5 Å². The Labute approximate surface area is 96.6 Å². The maximum absolute atomic E-state index is 6.28. The van der Waals surface area contributed by atoms with E-state index in [2.05, 4.69) is 27.4 Å². The van der Waals surface area contributed by atoms with E-state index >= 15 is 0 Å². The molecule has 14 heavy (non-hydrogen) atoms. The van der Waals surface area contributed by atoms with E-state index in [0.29, 0.717) is 6.61 Å². The van der Waals surface area contributed by atoms with Crippen molar-refractivity contribution in [3.8, 4) is 0 Å². The molecule has 2 rings (SSSR count). The molecule has 0 spiro atoms. The van der Waals surface area contributed by atoms with Crippen LogP contribution in [0.15, 0.2) is 15.9 Å². The molecular weight excluding hydrogens is 262 g/mol. The second-order valence-corrected chi connectivity index (χ2v) is 5.74. The summed E-state index contributed by atoms with van der Waals surface area (Å²) in [6.45, 7) is 1.56. The zero-order chi connectivity index (χ0) is 10.0. The summed E-state index contributed by atoms with van der Waals surface area (Å²) >= 11 is 5.29. The van der Waals surface area contributed by atoms with E-state index in [9.17, 15) is 0 Å². The van der Waals surface area contributed by atoms with E-state index in [-0.39, 0.29) is 5.54 Å². The van der Waals surface area contributed by atoms with Crippen molar-refractivity contribution < 1.29 is 4.74 Å². The molecule has 1 saturated heterocycles. The minimum atomic E-state index is -0.147. The summed E-state index contributed by atoms with van der Waals surface area (Å²) in [6, 6.07) is 2.08. The van der Waals surface area contributed by atoms with Crippen molar-refractivity contribution in [1.82, 2.24) is 0 Å². The molecule has 0 saturated carbocycles. The van der Waals surface area contributed by atoms with Gasteiger partial charge in [0.2, 0.25) is 0 Å². The molecule has 78 valence electrons. The SMILES string of the molecule is NC1(Cc2sccc2Br)CCCOC1. The highest BCUT2D eigenvalue weighted by atomic mass is 79.9. The molecule has 0 amide bonds. The van der Waals surface area contributed by atoms with Crippen LogP contribution in [-0.4, -0.2) is 18.8 Å². The predicted molar refractivity (Wildman–Crippen MR) is 62.7 cm³/mol. The van der Waals surface area contributed by atoms with Crippen LogP contribution in [0.2, 0.25) is 0 Å². The number of hydrogen-bond acceptors (Lipinski definition) is 3.